The monoisotopic (exact) mass is 238 g/mol. The Bertz CT molecular complexity index is 346. The van der Waals surface area contributed by atoms with E-state index in [0.29, 0.717) is 19.0 Å². The molecule has 2 N–H and O–H groups in total. The Hall–Kier alpha value is -1.29. The fourth-order valence-electron chi connectivity index (χ4n) is 1.21. The second kappa shape index (κ2) is 6.33. The molecule has 0 aliphatic carbocycles. The number of carbonyl (C=O) groups is 1. The minimum Gasteiger partial charge on any atom is -0.338 e. The van der Waals surface area contributed by atoms with Gasteiger partial charge < -0.3 is 10.6 Å². The van der Waals surface area contributed by atoms with Crippen molar-refractivity contribution in [3.8, 4) is 0 Å². The summed E-state index contributed by atoms with van der Waals surface area (Å²) in [6, 6.07) is 3.98. The first-order valence-electron chi connectivity index (χ1n) is 5.29. The molecule has 0 bridgehead atoms. The van der Waals surface area contributed by atoms with Crippen LogP contribution in [0.25, 0.3) is 0 Å². The van der Waals surface area contributed by atoms with Gasteiger partial charge in [-0.3, -0.25) is 0 Å². The molecule has 0 aliphatic rings. The van der Waals surface area contributed by atoms with Crippen molar-refractivity contribution in [2.75, 3.05) is 13.1 Å². The summed E-state index contributed by atoms with van der Waals surface area (Å²) < 4.78 is 0. The number of thiophene rings is 1. The molecular weight excluding hydrogens is 220 g/mol. The van der Waals surface area contributed by atoms with Crippen molar-refractivity contribution in [1.82, 2.24) is 10.6 Å². The van der Waals surface area contributed by atoms with Gasteiger partial charge in [-0.2, -0.15) is 0 Å². The van der Waals surface area contributed by atoms with Crippen LogP contribution in [0.1, 0.15) is 24.6 Å². The smallest absolute Gasteiger partial charge is 0.315 e. The van der Waals surface area contributed by atoms with Gasteiger partial charge in [0.15, 0.2) is 0 Å². The van der Waals surface area contributed by atoms with Crippen molar-refractivity contribution >= 4 is 17.4 Å². The number of carbonyl (C=O) groups excluding carboxylic acids is 1. The van der Waals surface area contributed by atoms with E-state index in [-0.39, 0.29) is 6.03 Å². The molecule has 1 aromatic rings. The number of rotatable bonds is 5. The second-order valence-corrected chi connectivity index (χ2v) is 4.92. The fraction of sp³-hybridized carbons (Fsp3) is 0.417. The quantitative estimate of drug-likeness (QED) is 0.761. The predicted octanol–water partition coefficient (Wildman–Crippen LogP) is 2.73. The van der Waals surface area contributed by atoms with Crippen LogP contribution in [0.2, 0.25) is 0 Å². The molecule has 88 valence electrons. The van der Waals surface area contributed by atoms with Crippen LogP contribution in [0.5, 0.6) is 0 Å². The lowest BCUT2D eigenvalue weighted by molar-refractivity contribution is 0.241. The standard InChI is InChI=1S/C12H18N2OS/c1-9(2)7-13-12(15)14-8-10(3)11-5-4-6-16-11/h4-6,10H,1,7-8H2,2-3H3,(H2,13,14,15)/t10-/m1/s1. The van der Waals surface area contributed by atoms with Crippen molar-refractivity contribution in [2.24, 2.45) is 0 Å². The Labute approximate surface area is 101 Å². The summed E-state index contributed by atoms with van der Waals surface area (Å²) in [6.45, 7) is 8.89. The van der Waals surface area contributed by atoms with Gasteiger partial charge in [0.25, 0.3) is 0 Å². The maximum atomic E-state index is 11.4. The number of amides is 2. The van der Waals surface area contributed by atoms with E-state index in [0.717, 1.165) is 5.57 Å². The summed E-state index contributed by atoms with van der Waals surface area (Å²) in [5, 5.41) is 7.63. The molecule has 0 aromatic carbocycles. The van der Waals surface area contributed by atoms with E-state index in [4.69, 9.17) is 0 Å². The molecule has 0 spiro atoms. The topological polar surface area (TPSA) is 41.1 Å². The molecule has 0 fully saturated rings. The van der Waals surface area contributed by atoms with Crippen LogP contribution in [-0.4, -0.2) is 19.1 Å². The number of hydrogen-bond acceptors (Lipinski definition) is 2. The van der Waals surface area contributed by atoms with Crippen molar-refractivity contribution in [1.29, 1.82) is 0 Å². The molecule has 0 saturated heterocycles. The van der Waals surface area contributed by atoms with Crippen LogP contribution in [0.3, 0.4) is 0 Å². The van der Waals surface area contributed by atoms with Crippen LogP contribution in [-0.2, 0) is 0 Å². The highest BCUT2D eigenvalue weighted by atomic mass is 32.1. The lowest BCUT2D eigenvalue weighted by Crippen LogP contribution is -2.37. The molecule has 0 aliphatic heterocycles. The SMILES string of the molecule is C=C(C)CNC(=O)NC[C@@H](C)c1cccs1. The van der Waals surface area contributed by atoms with Crippen LogP contribution >= 0.6 is 11.3 Å². The van der Waals surface area contributed by atoms with Gasteiger partial charge in [0.05, 0.1) is 0 Å². The zero-order chi connectivity index (χ0) is 12.0. The second-order valence-electron chi connectivity index (χ2n) is 3.94. The summed E-state index contributed by atoms with van der Waals surface area (Å²) in [7, 11) is 0. The third-order valence-corrected chi connectivity index (χ3v) is 3.25. The first-order valence-corrected chi connectivity index (χ1v) is 6.17. The third kappa shape index (κ3) is 4.49. The van der Waals surface area contributed by atoms with Gasteiger partial charge in [-0.1, -0.05) is 25.1 Å². The minimum absolute atomic E-state index is 0.133. The van der Waals surface area contributed by atoms with E-state index < -0.39 is 0 Å². The van der Waals surface area contributed by atoms with Crippen molar-refractivity contribution < 1.29 is 4.79 Å². The summed E-state index contributed by atoms with van der Waals surface area (Å²) >= 11 is 1.72. The van der Waals surface area contributed by atoms with Gasteiger partial charge in [0.1, 0.15) is 0 Å². The van der Waals surface area contributed by atoms with E-state index in [1.165, 1.54) is 4.88 Å². The van der Waals surface area contributed by atoms with E-state index >= 15 is 0 Å². The van der Waals surface area contributed by atoms with Gasteiger partial charge in [0.2, 0.25) is 0 Å². The normalized spacial score (nSPS) is 11.9. The van der Waals surface area contributed by atoms with Crippen LogP contribution in [0.4, 0.5) is 4.79 Å². The third-order valence-electron chi connectivity index (χ3n) is 2.15. The highest BCUT2D eigenvalue weighted by Gasteiger charge is 2.07. The summed E-state index contributed by atoms with van der Waals surface area (Å²) in [4.78, 5) is 12.7. The molecule has 3 nitrogen and oxygen atoms in total. The highest BCUT2D eigenvalue weighted by molar-refractivity contribution is 7.10. The van der Waals surface area contributed by atoms with Crippen molar-refractivity contribution in [3.05, 3.63) is 34.5 Å². The zero-order valence-corrected chi connectivity index (χ0v) is 10.6. The molecular formula is C12H18N2OS. The Morgan fingerprint density at radius 1 is 1.56 bits per heavy atom. The van der Waals surface area contributed by atoms with E-state index in [1.807, 2.05) is 18.4 Å². The first kappa shape index (κ1) is 12.8. The maximum Gasteiger partial charge on any atom is 0.315 e. The average molecular weight is 238 g/mol. The number of urea groups is 1. The number of hydrogen-bond donors (Lipinski definition) is 2. The van der Waals surface area contributed by atoms with Crippen molar-refractivity contribution in [2.45, 2.75) is 19.8 Å². The highest BCUT2D eigenvalue weighted by Crippen LogP contribution is 2.19. The van der Waals surface area contributed by atoms with Gasteiger partial charge >= 0.3 is 6.03 Å². The molecule has 4 heteroatoms. The van der Waals surface area contributed by atoms with Crippen LogP contribution in [0, 0.1) is 0 Å². The van der Waals surface area contributed by atoms with Crippen molar-refractivity contribution in [3.63, 3.8) is 0 Å². The van der Waals surface area contributed by atoms with Gasteiger partial charge in [-0.15, -0.1) is 11.3 Å². The lowest BCUT2D eigenvalue weighted by Gasteiger charge is -2.11. The molecule has 1 rings (SSSR count). The Morgan fingerprint density at radius 2 is 2.31 bits per heavy atom. The van der Waals surface area contributed by atoms with E-state index in [9.17, 15) is 4.79 Å². The average Bonchev–Trinajstić information content (AvgIpc) is 2.76. The predicted molar refractivity (Wildman–Crippen MR) is 68.9 cm³/mol. The minimum atomic E-state index is -0.133. The Balaban J connectivity index is 2.24. The maximum absolute atomic E-state index is 11.4. The molecule has 1 aromatic heterocycles. The number of nitrogens with one attached hydrogen (secondary N) is 2. The molecule has 0 unspecified atom stereocenters. The molecule has 0 radical (unpaired) electrons. The zero-order valence-electron chi connectivity index (χ0n) is 9.75. The largest absolute Gasteiger partial charge is 0.338 e. The lowest BCUT2D eigenvalue weighted by atomic mass is 10.1. The van der Waals surface area contributed by atoms with Gasteiger partial charge in [-0.25, -0.2) is 4.79 Å². The van der Waals surface area contributed by atoms with Crippen LogP contribution < -0.4 is 10.6 Å². The van der Waals surface area contributed by atoms with Gasteiger partial charge in [0, 0.05) is 23.9 Å². The molecule has 16 heavy (non-hydrogen) atoms. The van der Waals surface area contributed by atoms with E-state index in [2.05, 4.69) is 30.2 Å². The Kier molecular flexibility index (Phi) is 5.05. The Morgan fingerprint density at radius 3 is 2.88 bits per heavy atom. The summed E-state index contributed by atoms with van der Waals surface area (Å²) in [5.74, 6) is 0.357. The summed E-state index contributed by atoms with van der Waals surface area (Å²) in [5.41, 5.74) is 0.946. The van der Waals surface area contributed by atoms with Gasteiger partial charge in [-0.05, 0) is 18.4 Å². The molecule has 1 heterocycles. The molecule has 0 saturated carbocycles. The van der Waals surface area contributed by atoms with E-state index in [1.54, 1.807) is 11.3 Å². The fourth-order valence-corrected chi connectivity index (χ4v) is 2.00. The van der Waals surface area contributed by atoms with Crippen LogP contribution in [0.15, 0.2) is 29.7 Å². The molecule has 1 atom stereocenters. The summed E-state index contributed by atoms with van der Waals surface area (Å²) in [6.07, 6.45) is 0. The first-order chi connectivity index (χ1) is 7.59. The molecule has 2 amide bonds.